The molecule has 0 unspecified atom stereocenters. The van der Waals surface area contributed by atoms with Gasteiger partial charge in [-0.2, -0.15) is 0 Å². The monoisotopic (exact) mass is 260 g/mol. The lowest BCUT2D eigenvalue weighted by molar-refractivity contribution is 0.350. The third-order valence-electron chi connectivity index (χ3n) is 2.74. The molecule has 0 aromatic heterocycles. The lowest BCUT2D eigenvalue weighted by atomic mass is 10.3. The van der Waals surface area contributed by atoms with E-state index in [1.54, 1.807) is 0 Å². The van der Waals surface area contributed by atoms with Crippen molar-refractivity contribution in [3.05, 3.63) is 41.7 Å². The van der Waals surface area contributed by atoms with E-state index in [0.717, 1.165) is 18.1 Å². The Kier molecular flexibility index (Phi) is 3.86. The van der Waals surface area contributed by atoms with Crippen molar-refractivity contribution in [2.24, 2.45) is 4.99 Å². The predicted molar refractivity (Wildman–Crippen MR) is 79.7 cm³/mol. The van der Waals surface area contributed by atoms with Gasteiger partial charge in [-0.1, -0.05) is 37.8 Å². The van der Waals surface area contributed by atoms with E-state index < -0.39 is 8.07 Å². The molecule has 0 fully saturated rings. The molecular weight excluding hydrogens is 240 g/mol. The molecule has 0 bridgehead atoms. The quantitative estimate of drug-likeness (QED) is 0.843. The van der Waals surface area contributed by atoms with Gasteiger partial charge >= 0.3 is 0 Å². The molecule has 3 nitrogen and oxygen atoms in total. The summed E-state index contributed by atoms with van der Waals surface area (Å²) in [4.78, 5) is 4.33. The summed E-state index contributed by atoms with van der Waals surface area (Å²) >= 11 is 0. The van der Waals surface area contributed by atoms with E-state index in [0.29, 0.717) is 6.61 Å². The smallest absolute Gasteiger partial charge is 0.210 e. The summed E-state index contributed by atoms with van der Waals surface area (Å²) in [6.07, 6.45) is 2.06. The summed E-state index contributed by atoms with van der Waals surface area (Å²) in [5.41, 5.74) is 1.12. The fourth-order valence-electron chi connectivity index (χ4n) is 1.68. The number of nitrogens with one attached hydrogen (secondary N) is 1. The Labute approximate surface area is 110 Å². The average Bonchev–Trinajstić information content (AvgIpc) is 2.81. The van der Waals surface area contributed by atoms with Gasteiger partial charge in [-0.15, -0.1) is 0 Å². The summed E-state index contributed by atoms with van der Waals surface area (Å²) in [5.74, 6) is 0.760. The van der Waals surface area contributed by atoms with Gasteiger partial charge in [-0.3, -0.25) is 0 Å². The normalized spacial score (nSPS) is 16.2. The van der Waals surface area contributed by atoms with Crippen molar-refractivity contribution < 1.29 is 4.74 Å². The molecule has 1 N–H and O–H groups in total. The number of nitrogens with zero attached hydrogens (tertiary/aromatic N) is 1. The van der Waals surface area contributed by atoms with Crippen LogP contribution in [-0.4, -0.2) is 27.1 Å². The molecule has 1 aliphatic rings. The second-order valence-corrected chi connectivity index (χ2v) is 10.4. The minimum atomic E-state index is -1.45. The molecular formula is C14H20N2OSi. The number of aliphatic imine (C=N–C) groups is 1. The number of para-hydroxylation sites is 1. The Morgan fingerprint density at radius 3 is 2.56 bits per heavy atom. The molecule has 0 atom stereocenters. The molecule has 1 heterocycles. The number of rotatable bonds is 4. The Morgan fingerprint density at radius 2 is 2.00 bits per heavy atom. The fourth-order valence-corrected chi connectivity index (χ4v) is 2.76. The topological polar surface area (TPSA) is 33.6 Å². The number of ether oxygens (including phenoxy) is 1. The van der Waals surface area contributed by atoms with Gasteiger partial charge in [0.05, 0.1) is 14.6 Å². The first-order valence-electron chi connectivity index (χ1n) is 6.27. The van der Waals surface area contributed by atoms with Gasteiger partial charge in [0.25, 0.3) is 0 Å². The lowest BCUT2D eigenvalue weighted by Gasteiger charge is -2.22. The summed E-state index contributed by atoms with van der Waals surface area (Å²) in [6, 6.07) is 10.2. The van der Waals surface area contributed by atoms with Gasteiger partial charge in [0.1, 0.15) is 6.61 Å². The van der Waals surface area contributed by atoms with Crippen LogP contribution in [0, 0.1) is 0 Å². The third-order valence-corrected chi connectivity index (χ3v) is 4.62. The van der Waals surface area contributed by atoms with Crippen molar-refractivity contribution >= 4 is 19.7 Å². The lowest BCUT2D eigenvalue weighted by Crippen LogP contribution is -2.30. The highest BCUT2D eigenvalue weighted by atomic mass is 28.3. The van der Waals surface area contributed by atoms with E-state index in [2.05, 4.69) is 48.2 Å². The molecule has 1 aromatic rings. The Morgan fingerprint density at radius 1 is 1.28 bits per heavy atom. The minimum absolute atomic E-state index is 0.705. The number of hydrogen-bond acceptors (Lipinski definition) is 3. The van der Waals surface area contributed by atoms with Crippen LogP contribution < -0.4 is 5.32 Å². The van der Waals surface area contributed by atoms with Gasteiger partial charge in [-0.25, -0.2) is 4.99 Å². The van der Waals surface area contributed by atoms with Crippen molar-refractivity contribution in [1.29, 1.82) is 0 Å². The summed E-state index contributed by atoms with van der Waals surface area (Å²) < 4.78 is 5.47. The van der Waals surface area contributed by atoms with Gasteiger partial charge in [-0.05, 0) is 12.1 Å². The molecule has 18 heavy (non-hydrogen) atoms. The molecule has 0 spiro atoms. The second kappa shape index (κ2) is 5.39. The van der Waals surface area contributed by atoms with E-state index in [1.165, 1.54) is 5.32 Å². The molecule has 1 aliphatic heterocycles. The van der Waals surface area contributed by atoms with Crippen LogP contribution >= 0.6 is 0 Å². The molecule has 0 radical (unpaired) electrons. The average molecular weight is 260 g/mol. The van der Waals surface area contributed by atoms with Crippen LogP contribution in [0.2, 0.25) is 19.6 Å². The molecule has 0 amide bonds. The van der Waals surface area contributed by atoms with Crippen LogP contribution in [0.3, 0.4) is 0 Å². The largest absolute Gasteiger partial charge is 0.476 e. The zero-order chi connectivity index (χ0) is 13.0. The fraction of sp³-hybridized carbons (Fsp3) is 0.357. The van der Waals surface area contributed by atoms with Crippen molar-refractivity contribution in [1.82, 2.24) is 0 Å². The van der Waals surface area contributed by atoms with Gasteiger partial charge in [0.2, 0.25) is 5.90 Å². The first-order valence-corrected chi connectivity index (χ1v) is 9.77. The van der Waals surface area contributed by atoms with Gasteiger partial charge < -0.3 is 10.1 Å². The van der Waals surface area contributed by atoms with E-state index in [-0.39, 0.29) is 0 Å². The first kappa shape index (κ1) is 12.9. The van der Waals surface area contributed by atoms with E-state index in [1.807, 2.05) is 18.2 Å². The molecule has 4 heteroatoms. The maximum Gasteiger partial charge on any atom is 0.210 e. The van der Waals surface area contributed by atoms with Crippen molar-refractivity contribution in [2.75, 3.05) is 18.5 Å². The number of anilines is 1. The van der Waals surface area contributed by atoms with Crippen LogP contribution in [0.5, 0.6) is 0 Å². The summed E-state index contributed by atoms with van der Waals surface area (Å²) in [5, 5.41) is 4.75. The van der Waals surface area contributed by atoms with Gasteiger partial charge in [0.15, 0.2) is 0 Å². The molecule has 2 rings (SSSR count). The van der Waals surface area contributed by atoms with E-state index in [9.17, 15) is 0 Å². The molecule has 96 valence electrons. The van der Waals surface area contributed by atoms with E-state index >= 15 is 0 Å². The maximum atomic E-state index is 5.47. The maximum absolute atomic E-state index is 5.47. The van der Waals surface area contributed by atoms with Gasteiger partial charge in [0, 0.05) is 17.1 Å². The minimum Gasteiger partial charge on any atom is -0.476 e. The van der Waals surface area contributed by atoms with Crippen LogP contribution in [0.25, 0.3) is 0 Å². The number of benzene rings is 1. The van der Waals surface area contributed by atoms with Crippen molar-refractivity contribution in [3.8, 4) is 0 Å². The van der Waals surface area contributed by atoms with Crippen LogP contribution in [0.1, 0.15) is 0 Å². The third kappa shape index (κ3) is 3.47. The van der Waals surface area contributed by atoms with Crippen molar-refractivity contribution in [2.45, 2.75) is 19.6 Å². The summed E-state index contributed by atoms with van der Waals surface area (Å²) in [6.45, 7) is 8.41. The van der Waals surface area contributed by atoms with Crippen LogP contribution in [0.4, 0.5) is 5.69 Å². The number of hydrogen-bond donors (Lipinski definition) is 1. The Bertz CT molecular complexity index is 460. The highest BCUT2D eigenvalue weighted by Crippen LogP contribution is 2.19. The van der Waals surface area contributed by atoms with Crippen LogP contribution in [0.15, 0.2) is 46.7 Å². The van der Waals surface area contributed by atoms with Crippen molar-refractivity contribution in [3.63, 3.8) is 0 Å². The molecule has 0 saturated heterocycles. The highest BCUT2D eigenvalue weighted by Gasteiger charge is 2.21. The molecule has 1 aromatic carbocycles. The Balaban J connectivity index is 2.21. The highest BCUT2D eigenvalue weighted by molar-refractivity contribution is 6.83. The summed E-state index contributed by atoms with van der Waals surface area (Å²) in [7, 11) is -1.45. The Hall–Kier alpha value is -1.55. The zero-order valence-electron chi connectivity index (χ0n) is 11.2. The zero-order valence-corrected chi connectivity index (χ0v) is 12.2. The first-order chi connectivity index (χ1) is 8.55. The molecule has 0 saturated carbocycles. The van der Waals surface area contributed by atoms with E-state index in [4.69, 9.17) is 4.74 Å². The molecule has 0 aliphatic carbocycles. The second-order valence-electron chi connectivity index (χ2n) is 5.37. The SMILES string of the molecule is C[Si](C)(C)C(=CC1=NCCO1)Nc1ccccc1. The standard InChI is InChI=1S/C14H20N2OSi/c1-18(2,3)14(11-13-15-9-10-17-13)16-12-7-5-4-6-8-12/h4-8,11,16H,9-10H2,1-3H3. The van der Waals surface area contributed by atoms with Crippen LogP contribution in [-0.2, 0) is 4.74 Å². The predicted octanol–water partition coefficient (Wildman–Crippen LogP) is 3.29.